The van der Waals surface area contributed by atoms with Crippen LogP contribution in [0.15, 0.2) is 41.5 Å². The summed E-state index contributed by atoms with van der Waals surface area (Å²) in [5.74, 6) is -1.14. The van der Waals surface area contributed by atoms with E-state index < -0.39 is 11.6 Å². The van der Waals surface area contributed by atoms with Crippen molar-refractivity contribution in [2.45, 2.75) is 6.54 Å². The second-order valence-electron chi connectivity index (χ2n) is 3.94. The van der Waals surface area contributed by atoms with Gasteiger partial charge in [0.05, 0.1) is 18.0 Å². The quantitative estimate of drug-likeness (QED) is 0.719. The van der Waals surface area contributed by atoms with Gasteiger partial charge in [-0.2, -0.15) is 0 Å². The Balaban J connectivity index is 2.14. The van der Waals surface area contributed by atoms with Gasteiger partial charge in [0.1, 0.15) is 11.6 Å². The Morgan fingerprint density at radius 2 is 2.06 bits per heavy atom. The highest BCUT2D eigenvalue weighted by Gasteiger charge is 2.18. The molecule has 0 radical (unpaired) electrons. The molecule has 0 unspecified atom stereocenters. The Morgan fingerprint density at radius 1 is 1.18 bits per heavy atom. The van der Waals surface area contributed by atoms with Gasteiger partial charge in [-0.05, 0) is 24.3 Å². The van der Waals surface area contributed by atoms with E-state index in [2.05, 4.69) is 4.99 Å². The third kappa shape index (κ3) is 1.65. The number of hydrogen-bond acceptors (Lipinski definition) is 1. The Kier molecular flexibility index (Phi) is 2.28. The van der Waals surface area contributed by atoms with Crippen LogP contribution in [-0.2, 0) is 6.54 Å². The van der Waals surface area contributed by atoms with Gasteiger partial charge in [-0.25, -0.2) is 8.78 Å². The van der Waals surface area contributed by atoms with E-state index in [9.17, 15) is 8.78 Å². The summed E-state index contributed by atoms with van der Waals surface area (Å²) < 4.78 is 28.6. The largest absolute Gasteiger partial charge is 0.344 e. The molecule has 0 atom stereocenters. The summed E-state index contributed by atoms with van der Waals surface area (Å²) in [5, 5.41) is 0. The van der Waals surface area contributed by atoms with Gasteiger partial charge in [0.25, 0.3) is 0 Å². The van der Waals surface area contributed by atoms with Crippen LogP contribution in [-0.4, -0.2) is 16.8 Å². The summed E-state index contributed by atoms with van der Waals surface area (Å²) >= 11 is 0. The first-order valence-corrected chi connectivity index (χ1v) is 5.41. The zero-order valence-corrected chi connectivity index (χ0v) is 9.03. The fraction of sp³-hybridized carbons (Fsp3) is 0.154. The molecule has 86 valence electrons. The molecule has 17 heavy (non-hydrogen) atoms. The molecule has 0 saturated carbocycles. The molecule has 0 fully saturated rings. The van der Waals surface area contributed by atoms with Crippen molar-refractivity contribution >= 4 is 5.71 Å². The van der Waals surface area contributed by atoms with E-state index in [4.69, 9.17) is 0 Å². The second kappa shape index (κ2) is 3.80. The lowest BCUT2D eigenvalue weighted by Gasteiger charge is -2.16. The molecule has 0 spiro atoms. The zero-order valence-electron chi connectivity index (χ0n) is 9.03. The lowest BCUT2D eigenvalue weighted by molar-refractivity contribution is 0.581. The SMILES string of the molecule is Fc1ccc(C2=NCCn3cccc32)c(F)c1. The molecule has 1 aromatic carbocycles. The predicted molar refractivity (Wildman–Crippen MR) is 61.3 cm³/mol. The van der Waals surface area contributed by atoms with Crippen molar-refractivity contribution in [2.75, 3.05) is 6.54 Å². The number of hydrogen-bond donors (Lipinski definition) is 0. The topological polar surface area (TPSA) is 17.3 Å². The molecule has 2 aromatic rings. The molecule has 1 aliphatic heterocycles. The van der Waals surface area contributed by atoms with Crippen LogP contribution in [0.4, 0.5) is 8.78 Å². The summed E-state index contributed by atoms with van der Waals surface area (Å²) in [6.07, 6.45) is 1.94. The van der Waals surface area contributed by atoms with Crippen LogP contribution in [0, 0.1) is 11.6 Å². The molecule has 0 aliphatic carbocycles. The molecule has 1 aromatic heterocycles. The normalized spacial score (nSPS) is 14.4. The number of rotatable bonds is 1. The number of aromatic nitrogens is 1. The lowest BCUT2D eigenvalue weighted by atomic mass is 10.1. The first-order chi connectivity index (χ1) is 8.25. The van der Waals surface area contributed by atoms with Crippen LogP contribution in [0.5, 0.6) is 0 Å². The third-order valence-electron chi connectivity index (χ3n) is 2.87. The van der Waals surface area contributed by atoms with Gasteiger partial charge < -0.3 is 4.57 Å². The summed E-state index contributed by atoms with van der Waals surface area (Å²) in [6, 6.07) is 7.37. The second-order valence-corrected chi connectivity index (χ2v) is 3.94. The lowest BCUT2D eigenvalue weighted by Crippen LogP contribution is -2.19. The number of fused-ring (bicyclic) bond motifs is 1. The number of halogens is 2. The standard InChI is InChI=1S/C13H10F2N2/c14-9-3-4-10(11(15)8-9)13-12-2-1-6-17(12)7-5-16-13/h1-4,6,8H,5,7H2. The molecule has 0 bridgehead atoms. The number of nitrogens with zero attached hydrogens (tertiary/aromatic N) is 2. The minimum Gasteiger partial charge on any atom is -0.344 e. The minimum atomic E-state index is -0.571. The van der Waals surface area contributed by atoms with Crippen LogP contribution in [0.1, 0.15) is 11.3 Å². The summed E-state index contributed by atoms with van der Waals surface area (Å²) in [5.41, 5.74) is 1.83. The van der Waals surface area contributed by atoms with Crippen molar-refractivity contribution in [3.05, 3.63) is 59.4 Å². The maximum absolute atomic E-state index is 13.7. The Bertz CT molecular complexity index is 599. The fourth-order valence-corrected chi connectivity index (χ4v) is 2.08. The van der Waals surface area contributed by atoms with Crippen LogP contribution in [0.3, 0.4) is 0 Å². The highest BCUT2D eigenvalue weighted by Crippen LogP contribution is 2.19. The van der Waals surface area contributed by atoms with Crippen molar-refractivity contribution in [1.82, 2.24) is 4.57 Å². The van der Waals surface area contributed by atoms with Crippen LogP contribution in [0.25, 0.3) is 0 Å². The van der Waals surface area contributed by atoms with Crippen molar-refractivity contribution in [2.24, 2.45) is 4.99 Å². The maximum atomic E-state index is 13.7. The smallest absolute Gasteiger partial charge is 0.135 e. The zero-order chi connectivity index (χ0) is 11.8. The highest BCUT2D eigenvalue weighted by molar-refractivity contribution is 6.12. The fourth-order valence-electron chi connectivity index (χ4n) is 2.08. The summed E-state index contributed by atoms with van der Waals surface area (Å²) in [4.78, 5) is 4.34. The predicted octanol–water partition coefficient (Wildman–Crippen LogP) is 2.62. The van der Waals surface area contributed by atoms with E-state index in [1.165, 1.54) is 12.1 Å². The molecular formula is C13H10F2N2. The van der Waals surface area contributed by atoms with Crippen molar-refractivity contribution in [3.8, 4) is 0 Å². The average Bonchev–Trinajstić information content (AvgIpc) is 2.77. The van der Waals surface area contributed by atoms with Crippen molar-refractivity contribution in [1.29, 1.82) is 0 Å². The molecule has 0 N–H and O–H groups in total. The molecule has 1 aliphatic rings. The van der Waals surface area contributed by atoms with Crippen molar-refractivity contribution in [3.63, 3.8) is 0 Å². The Labute approximate surface area is 97.2 Å². The van der Waals surface area contributed by atoms with Gasteiger partial charge >= 0.3 is 0 Å². The monoisotopic (exact) mass is 232 g/mol. The van der Waals surface area contributed by atoms with E-state index in [-0.39, 0.29) is 0 Å². The Hall–Kier alpha value is -1.97. The molecule has 4 heteroatoms. The summed E-state index contributed by atoms with van der Waals surface area (Å²) in [7, 11) is 0. The molecule has 0 saturated heterocycles. The van der Waals surface area contributed by atoms with Crippen molar-refractivity contribution < 1.29 is 8.78 Å². The van der Waals surface area contributed by atoms with Gasteiger partial charge in [0.2, 0.25) is 0 Å². The molecular weight excluding hydrogens is 222 g/mol. The van der Waals surface area contributed by atoms with E-state index in [1.807, 2.05) is 22.9 Å². The highest BCUT2D eigenvalue weighted by atomic mass is 19.1. The number of aliphatic imine (C=N–C) groups is 1. The van der Waals surface area contributed by atoms with E-state index in [1.54, 1.807) is 0 Å². The van der Waals surface area contributed by atoms with Gasteiger partial charge in [-0.15, -0.1) is 0 Å². The van der Waals surface area contributed by atoms with Crippen LogP contribution in [0.2, 0.25) is 0 Å². The summed E-state index contributed by atoms with van der Waals surface area (Å²) in [6.45, 7) is 1.42. The van der Waals surface area contributed by atoms with E-state index in [0.29, 0.717) is 17.8 Å². The van der Waals surface area contributed by atoms with E-state index >= 15 is 0 Å². The maximum Gasteiger partial charge on any atom is 0.135 e. The molecule has 0 amide bonds. The van der Waals surface area contributed by atoms with Gasteiger partial charge in [-0.3, -0.25) is 4.99 Å². The third-order valence-corrected chi connectivity index (χ3v) is 2.87. The first kappa shape index (κ1) is 10.2. The Morgan fingerprint density at radius 3 is 2.88 bits per heavy atom. The van der Waals surface area contributed by atoms with Gasteiger partial charge in [-0.1, -0.05) is 0 Å². The van der Waals surface area contributed by atoms with Crippen LogP contribution < -0.4 is 0 Å². The molecule has 2 nitrogen and oxygen atoms in total. The van der Waals surface area contributed by atoms with E-state index in [0.717, 1.165) is 18.3 Å². The number of benzene rings is 1. The average molecular weight is 232 g/mol. The first-order valence-electron chi connectivity index (χ1n) is 5.41. The van der Waals surface area contributed by atoms with Crippen LogP contribution >= 0.6 is 0 Å². The van der Waals surface area contributed by atoms with Gasteiger partial charge in [0, 0.05) is 24.4 Å². The minimum absolute atomic E-state index is 0.353. The molecule has 2 heterocycles. The molecule has 3 rings (SSSR count). The van der Waals surface area contributed by atoms with Gasteiger partial charge in [0.15, 0.2) is 0 Å².